The lowest BCUT2D eigenvalue weighted by molar-refractivity contribution is -0.134. The van der Waals surface area contributed by atoms with E-state index in [9.17, 15) is 4.79 Å². The number of amides is 1. The number of fused-ring (bicyclic) bond motifs is 1. The summed E-state index contributed by atoms with van der Waals surface area (Å²) in [6, 6.07) is 8.76. The van der Waals surface area contributed by atoms with E-state index in [2.05, 4.69) is 36.0 Å². The molecule has 0 saturated carbocycles. The Labute approximate surface area is 147 Å². The van der Waals surface area contributed by atoms with Gasteiger partial charge in [0.15, 0.2) is 5.16 Å². The molecule has 1 aliphatic heterocycles. The number of allylic oxidation sites excluding steroid dienone is 1. The minimum Gasteiger partial charge on any atom is -0.337 e. The van der Waals surface area contributed by atoms with Gasteiger partial charge in [0.1, 0.15) is 0 Å². The fourth-order valence-corrected chi connectivity index (χ4v) is 4.48. The molecule has 0 aliphatic carbocycles. The largest absolute Gasteiger partial charge is 0.337 e. The van der Waals surface area contributed by atoms with Gasteiger partial charge in [0.05, 0.1) is 16.8 Å². The van der Waals surface area contributed by atoms with Crippen LogP contribution in [0.5, 0.6) is 0 Å². The van der Waals surface area contributed by atoms with Gasteiger partial charge >= 0.3 is 0 Å². The van der Waals surface area contributed by atoms with E-state index in [0.29, 0.717) is 24.4 Å². The average Bonchev–Trinajstić information content (AvgIpc) is 2.91. The molecule has 2 unspecified atom stereocenters. The third-order valence-electron chi connectivity index (χ3n) is 4.74. The summed E-state index contributed by atoms with van der Waals surface area (Å²) >= 11 is 1.53. The third-order valence-corrected chi connectivity index (χ3v) is 5.70. The van der Waals surface area contributed by atoms with Gasteiger partial charge in [-0.25, -0.2) is 4.98 Å². The second kappa shape index (κ2) is 7.43. The van der Waals surface area contributed by atoms with Crippen LogP contribution in [0, 0.1) is 0 Å². The predicted octanol–water partition coefficient (Wildman–Crippen LogP) is 4.10. The highest BCUT2D eigenvalue weighted by Crippen LogP contribution is 2.27. The van der Waals surface area contributed by atoms with Crippen molar-refractivity contribution in [2.75, 3.05) is 5.75 Å². The van der Waals surface area contributed by atoms with Gasteiger partial charge in [0, 0.05) is 18.6 Å². The molecule has 3 rings (SSSR count). The fourth-order valence-electron chi connectivity index (χ4n) is 3.58. The van der Waals surface area contributed by atoms with Crippen LogP contribution in [0.2, 0.25) is 0 Å². The van der Waals surface area contributed by atoms with Gasteiger partial charge in [-0.15, -0.1) is 6.58 Å². The molecular weight excluding hydrogens is 318 g/mol. The van der Waals surface area contributed by atoms with Crippen molar-refractivity contribution in [3.63, 3.8) is 0 Å². The number of nitrogens with zero attached hydrogens (tertiary/aromatic N) is 3. The van der Waals surface area contributed by atoms with Crippen LogP contribution in [0.1, 0.15) is 33.1 Å². The number of hydrogen-bond acceptors (Lipinski definition) is 3. The molecule has 0 spiro atoms. The molecule has 0 bridgehead atoms. The van der Waals surface area contributed by atoms with E-state index in [1.165, 1.54) is 18.2 Å². The number of carbonyl (C=O) groups excluding carboxylic acids is 1. The van der Waals surface area contributed by atoms with Crippen LogP contribution >= 0.6 is 11.8 Å². The van der Waals surface area contributed by atoms with Crippen molar-refractivity contribution in [3.8, 4) is 0 Å². The number of carbonyl (C=O) groups is 1. The quantitative estimate of drug-likeness (QED) is 0.606. The Kier molecular flexibility index (Phi) is 5.29. The molecule has 1 amide bonds. The number of aromatic nitrogens is 2. The molecule has 1 aromatic heterocycles. The Morgan fingerprint density at radius 1 is 1.33 bits per heavy atom. The molecule has 2 aromatic rings. The fraction of sp³-hybridized carbons (Fsp3) is 0.474. The van der Waals surface area contributed by atoms with Gasteiger partial charge in [-0.05, 0) is 45.2 Å². The van der Waals surface area contributed by atoms with Crippen LogP contribution < -0.4 is 0 Å². The molecule has 0 N–H and O–H groups in total. The number of para-hydroxylation sites is 2. The zero-order valence-corrected chi connectivity index (χ0v) is 15.3. The maximum atomic E-state index is 12.7. The molecule has 2 heterocycles. The topological polar surface area (TPSA) is 38.1 Å². The number of imidazole rings is 1. The summed E-state index contributed by atoms with van der Waals surface area (Å²) in [5.74, 6) is 0.659. The summed E-state index contributed by atoms with van der Waals surface area (Å²) in [6.07, 6.45) is 5.30. The molecule has 128 valence electrons. The summed E-state index contributed by atoms with van der Waals surface area (Å²) in [5.41, 5.74) is 2.06. The number of rotatable bonds is 5. The number of piperidine rings is 1. The summed E-state index contributed by atoms with van der Waals surface area (Å²) < 4.78 is 2.13. The Bertz CT molecular complexity index is 729. The average molecular weight is 343 g/mol. The maximum absolute atomic E-state index is 12.7. The lowest BCUT2D eigenvalue weighted by atomic mass is 9.98. The van der Waals surface area contributed by atoms with Crippen molar-refractivity contribution < 1.29 is 4.79 Å². The number of likely N-dealkylation sites (tertiary alicyclic amines) is 1. The van der Waals surface area contributed by atoms with Crippen LogP contribution in [-0.2, 0) is 11.3 Å². The molecule has 1 fully saturated rings. The molecule has 1 saturated heterocycles. The summed E-state index contributed by atoms with van der Waals surface area (Å²) in [6.45, 7) is 8.86. The Hall–Kier alpha value is -1.75. The van der Waals surface area contributed by atoms with Gasteiger partial charge in [-0.2, -0.15) is 0 Å². The highest BCUT2D eigenvalue weighted by Gasteiger charge is 2.29. The second-order valence-corrected chi connectivity index (χ2v) is 7.44. The first-order valence-electron chi connectivity index (χ1n) is 8.62. The summed E-state index contributed by atoms with van der Waals surface area (Å²) in [7, 11) is 0. The first-order chi connectivity index (χ1) is 11.6. The van der Waals surface area contributed by atoms with E-state index in [4.69, 9.17) is 4.98 Å². The van der Waals surface area contributed by atoms with Crippen molar-refractivity contribution in [2.45, 2.75) is 56.9 Å². The van der Waals surface area contributed by atoms with E-state index in [1.54, 1.807) is 0 Å². The Balaban J connectivity index is 1.76. The summed E-state index contributed by atoms with van der Waals surface area (Å²) in [4.78, 5) is 19.5. The molecule has 4 nitrogen and oxygen atoms in total. The molecular formula is C19H25N3OS. The van der Waals surface area contributed by atoms with Crippen molar-refractivity contribution in [1.29, 1.82) is 0 Å². The van der Waals surface area contributed by atoms with Gasteiger partial charge in [-0.3, -0.25) is 4.79 Å². The molecule has 1 aliphatic rings. The van der Waals surface area contributed by atoms with Crippen LogP contribution in [0.3, 0.4) is 0 Å². The number of hydrogen-bond donors (Lipinski definition) is 0. The minimum atomic E-state index is 0.219. The van der Waals surface area contributed by atoms with Gasteiger partial charge in [0.25, 0.3) is 0 Å². The van der Waals surface area contributed by atoms with Gasteiger partial charge < -0.3 is 9.47 Å². The van der Waals surface area contributed by atoms with Crippen LogP contribution in [0.4, 0.5) is 0 Å². The molecule has 5 heteroatoms. The standard InChI is InChI=1S/C19H25N3OS/c1-4-12-21-17-11-6-5-10-16(17)20-19(21)24-13-18(23)22-14(2)8-7-9-15(22)3/h4-6,10-11,14-15H,1,7-9,12-13H2,2-3H3. The first-order valence-corrected chi connectivity index (χ1v) is 9.60. The van der Waals surface area contributed by atoms with Crippen LogP contribution in [0.25, 0.3) is 11.0 Å². The van der Waals surface area contributed by atoms with E-state index < -0.39 is 0 Å². The van der Waals surface area contributed by atoms with E-state index in [-0.39, 0.29) is 5.91 Å². The Morgan fingerprint density at radius 3 is 2.75 bits per heavy atom. The van der Waals surface area contributed by atoms with Crippen molar-refractivity contribution in [3.05, 3.63) is 36.9 Å². The monoisotopic (exact) mass is 343 g/mol. The smallest absolute Gasteiger partial charge is 0.233 e. The van der Waals surface area contributed by atoms with E-state index in [0.717, 1.165) is 29.0 Å². The van der Waals surface area contributed by atoms with E-state index >= 15 is 0 Å². The van der Waals surface area contributed by atoms with Crippen molar-refractivity contribution >= 4 is 28.7 Å². The highest BCUT2D eigenvalue weighted by atomic mass is 32.2. The van der Waals surface area contributed by atoms with Crippen molar-refractivity contribution in [2.24, 2.45) is 0 Å². The number of benzene rings is 1. The van der Waals surface area contributed by atoms with Gasteiger partial charge in [-0.1, -0.05) is 30.0 Å². The third kappa shape index (κ3) is 3.36. The molecule has 24 heavy (non-hydrogen) atoms. The normalized spacial score (nSPS) is 21.2. The Morgan fingerprint density at radius 2 is 2.04 bits per heavy atom. The van der Waals surface area contributed by atoms with E-state index in [1.807, 2.05) is 24.3 Å². The zero-order chi connectivity index (χ0) is 17.1. The molecule has 0 radical (unpaired) electrons. The molecule has 2 atom stereocenters. The maximum Gasteiger partial charge on any atom is 0.233 e. The number of thioether (sulfide) groups is 1. The van der Waals surface area contributed by atoms with Crippen molar-refractivity contribution in [1.82, 2.24) is 14.5 Å². The first kappa shape index (κ1) is 17.1. The molecule has 1 aromatic carbocycles. The van der Waals surface area contributed by atoms with Gasteiger partial charge in [0.2, 0.25) is 5.91 Å². The minimum absolute atomic E-state index is 0.219. The van der Waals surface area contributed by atoms with Crippen LogP contribution in [0.15, 0.2) is 42.1 Å². The lowest BCUT2D eigenvalue weighted by Gasteiger charge is -2.39. The summed E-state index contributed by atoms with van der Waals surface area (Å²) in [5, 5.41) is 0.891. The predicted molar refractivity (Wildman–Crippen MR) is 100 cm³/mol. The lowest BCUT2D eigenvalue weighted by Crippen LogP contribution is -2.48. The second-order valence-electron chi connectivity index (χ2n) is 6.50. The van der Waals surface area contributed by atoms with Crippen LogP contribution in [-0.4, -0.2) is 38.2 Å². The highest BCUT2D eigenvalue weighted by molar-refractivity contribution is 7.99. The zero-order valence-electron chi connectivity index (χ0n) is 14.4. The SMILES string of the molecule is C=CCn1c(SCC(=O)N2C(C)CCCC2C)nc2ccccc21.